The second-order valence-corrected chi connectivity index (χ2v) is 2.53. The number of rotatable bonds is 2. The molecular weight excluding hydrogens is 140 g/mol. The van der Waals surface area contributed by atoms with Crippen molar-refractivity contribution in [2.75, 3.05) is 0 Å². The minimum atomic E-state index is -2.67. The maximum absolute atomic E-state index is 11.6. The third-order valence-corrected chi connectivity index (χ3v) is 1.78. The van der Waals surface area contributed by atoms with Crippen molar-refractivity contribution in [1.82, 2.24) is 0 Å². The Balaban J connectivity index is 2.26. The van der Waals surface area contributed by atoms with Gasteiger partial charge in [-0.05, 0) is 19.3 Å². The van der Waals surface area contributed by atoms with Crippen molar-refractivity contribution in [1.29, 1.82) is 0 Å². The third kappa shape index (κ3) is 1.88. The number of ether oxygens (including phenoxy) is 1. The van der Waals surface area contributed by atoms with Crippen molar-refractivity contribution >= 4 is 0 Å². The lowest BCUT2D eigenvalue weighted by molar-refractivity contribution is -0.163. The predicted molar refractivity (Wildman–Crippen MR) is 32.7 cm³/mol. The van der Waals surface area contributed by atoms with Crippen LogP contribution in [0.15, 0.2) is 0 Å². The van der Waals surface area contributed by atoms with E-state index in [-0.39, 0.29) is 6.04 Å². The molecule has 1 rings (SSSR count). The molecule has 2 atom stereocenters. The van der Waals surface area contributed by atoms with Crippen molar-refractivity contribution in [3.05, 3.63) is 0 Å². The number of alkyl halides is 2. The van der Waals surface area contributed by atoms with Crippen molar-refractivity contribution in [2.45, 2.75) is 38.0 Å². The highest BCUT2D eigenvalue weighted by molar-refractivity contribution is 4.80. The van der Waals surface area contributed by atoms with Gasteiger partial charge in [0.1, 0.15) is 0 Å². The molecule has 10 heavy (non-hydrogen) atoms. The van der Waals surface area contributed by atoms with Crippen molar-refractivity contribution in [3.8, 4) is 0 Å². The van der Waals surface area contributed by atoms with E-state index in [0.29, 0.717) is 6.42 Å². The van der Waals surface area contributed by atoms with Gasteiger partial charge in [0.15, 0.2) is 0 Å². The Hall–Kier alpha value is -0.220. The maximum Gasteiger partial charge on any atom is 0.345 e. The van der Waals surface area contributed by atoms with Crippen LogP contribution in [0.5, 0.6) is 0 Å². The number of hydrogen-bond donors (Lipinski definition) is 1. The van der Waals surface area contributed by atoms with Crippen LogP contribution in [0.4, 0.5) is 8.78 Å². The van der Waals surface area contributed by atoms with Gasteiger partial charge < -0.3 is 10.5 Å². The molecule has 2 N–H and O–H groups in total. The second-order valence-electron chi connectivity index (χ2n) is 2.53. The van der Waals surface area contributed by atoms with Crippen molar-refractivity contribution in [2.24, 2.45) is 5.73 Å². The summed E-state index contributed by atoms with van der Waals surface area (Å²) in [6.45, 7) is -2.67. The Morgan fingerprint density at radius 2 is 2.10 bits per heavy atom. The highest BCUT2D eigenvalue weighted by atomic mass is 19.3. The van der Waals surface area contributed by atoms with E-state index in [2.05, 4.69) is 4.74 Å². The first kappa shape index (κ1) is 7.88. The Labute approximate surface area is 58.3 Å². The Morgan fingerprint density at radius 1 is 1.40 bits per heavy atom. The predicted octanol–water partition coefficient (Wildman–Crippen LogP) is 1.11. The lowest BCUT2D eigenvalue weighted by Crippen LogP contribution is -2.32. The molecule has 0 spiro atoms. The molecule has 2 nitrogen and oxygen atoms in total. The molecule has 1 saturated carbocycles. The summed E-state index contributed by atoms with van der Waals surface area (Å²) in [5.74, 6) is 0. The normalized spacial score (nSPS) is 33.6. The fraction of sp³-hybridized carbons (Fsp3) is 1.00. The monoisotopic (exact) mass is 151 g/mol. The fourth-order valence-electron chi connectivity index (χ4n) is 1.26. The summed E-state index contributed by atoms with van der Waals surface area (Å²) >= 11 is 0. The summed E-state index contributed by atoms with van der Waals surface area (Å²) in [5.41, 5.74) is 5.47. The SMILES string of the molecule is N[C@H]1CCC[C@@H]1OC(F)F. The zero-order chi connectivity index (χ0) is 7.56. The molecule has 1 aliphatic rings. The molecule has 0 bridgehead atoms. The highest BCUT2D eigenvalue weighted by Crippen LogP contribution is 2.21. The fourth-order valence-corrected chi connectivity index (χ4v) is 1.26. The van der Waals surface area contributed by atoms with Crippen LogP contribution in [-0.4, -0.2) is 18.8 Å². The van der Waals surface area contributed by atoms with E-state index in [9.17, 15) is 8.78 Å². The molecule has 0 radical (unpaired) electrons. The molecule has 0 amide bonds. The largest absolute Gasteiger partial charge is 0.345 e. The molecule has 0 aromatic rings. The lowest BCUT2D eigenvalue weighted by atomic mass is 10.2. The summed E-state index contributed by atoms with van der Waals surface area (Å²) in [4.78, 5) is 0. The van der Waals surface area contributed by atoms with Gasteiger partial charge in [0.25, 0.3) is 0 Å². The molecule has 1 aliphatic carbocycles. The molecule has 0 aliphatic heterocycles. The quantitative estimate of drug-likeness (QED) is 0.641. The van der Waals surface area contributed by atoms with E-state index in [1.165, 1.54) is 0 Å². The summed E-state index contributed by atoms with van der Waals surface area (Å²) in [6, 6.07) is -0.186. The van der Waals surface area contributed by atoms with Crippen LogP contribution in [0.3, 0.4) is 0 Å². The van der Waals surface area contributed by atoms with Gasteiger partial charge >= 0.3 is 6.61 Å². The topological polar surface area (TPSA) is 35.2 Å². The summed E-state index contributed by atoms with van der Waals surface area (Å²) in [7, 11) is 0. The molecule has 0 aromatic heterocycles. The van der Waals surface area contributed by atoms with Gasteiger partial charge in [-0.15, -0.1) is 0 Å². The van der Waals surface area contributed by atoms with Crippen molar-refractivity contribution in [3.63, 3.8) is 0 Å². The standard InChI is InChI=1S/C6H11F2NO/c7-6(8)10-5-3-1-2-4(5)9/h4-6H,1-3,9H2/t4-,5-/m0/s1. The maximum atomic E-state index is 11.6. The van der Waals surface area contributed by atoms with Crippen LogP contribution in [0.1, 0.15) is 19.3 Å². The Kier molecular flexibility index (Phi) is 2.56. The summed E-state index contributed by atoms with van der Waals surface area (Å²) < 4.78 is 27.4. The first-order valence-corrected chi connectivity index (χ1v) is 3.39. The molecular formula is C6H11F2NO. The molecule has 0 aromatic carbocycles. The van der Waals surface area contributed by atoms with Crippen LogP contribution < -0.4 is 5.73 Å². The third-order valence-electron chi connectivity index (χ3n) is 1.78. The first-order valence-electron chi connectivity index (χ1n) is 3.39. The molecule has 0 saturated heterocycles. The van der Waals surface area contributed by atoms with Crippen LogP contribution in [0, 0.1) is 0 Å². The highest BCUT2D eigenvalue weighted by Gasteiger charge is 2.26. The molecule has 4 heteroatoms. The van der Waals surface area contributed by atoms with Gasteiger partial charge in [-0.1, -0.05) is 0 Å². The molecule has 60 valence electrons. The van der Waals surface area contributed by atoms with Crippen LogP contribution in [-0.2, 0) is 4.74 Å². The smallest absolute Gasteiger partial charge is 0.325 e. The number of nitrogens with two attached hydrogens (primary N) is 1. The van der Waals surface area contributed by atoms with E-state index < -0.39 is 12.7 Å². The molecule has 1 fully saturated rings. The van der Waals surface area contributed by atoms with Crippen LogP contribution in [0.25, 0.3) is 0 Å². The first-order chi connectivity index (χ1) is 4.70. The van der Waals surface area contributed by atoms with Crippen LogP contribution >= 0.6 is 0 Å². The van der Waals surface area contributed by atoms with E-state index in [0.717, 1.165) is 12.8 Å². The average Bonchev–Trinajstić information content (AvgIpc) is 2.15. The molecule has 0 heterocycles. The summed E-state index contributed by atoms with van der Waals surface area (Å²) in [6.07, 6.45) is 1.96. The van der Waals surface area contributed by atoms with Gasteiger partial charge in [-0.2, -0.15) is 8.78 Å². The Morgan fingerprint density at radius 3 is 2.50 bits per heavy atom. The van der Waals surface area contributed by atoms with Crippen molar-refractivity contribution < 1.29 is 13.5 Å². The average molecular weight is 151 g/mol. The van der Waals surface area contributed by atoms with Gasteiger partial charge in [0.2, 0.25) is 0 Å². The summed E-state index contributed by atoms with van der Waals surface area (Å²) in [5, 5.41) is 0. The zero-order valence-corrected chi connectivity index (χ0v) is 5.59. The van der Waals surface area contributed by atoms with Gasteiger partial charge in [-0.3, -0.25) is 0 Å². The Bertz CT molecular complexity index is 110. The van der Waals surface area contributed by atoms with Gasteiger partial charge in [0.05, 0.1) is 6.10 Å². The number of halogens is 2. The van der Waals surface area contributed by atoms with Crippen LogP contribution in [0.2, 0.25) is 0 Å². The zero-order valence-electron chi connectivity index (χ0n) is 5.59. The van der Waals surface area contributed by atoms with E-state index in [4.69, 9.17) is 5.73 Å². The van der Waals surface area contributed by atoms with E-state index in [1.54, 1.807) is 0 Å². The van der Waals surface area contributed by atoms with E-state index in [1.807, 2.05) is 0 Å². The minimum absolute atomic E-state index is 0.186. The second kappa shape index (κ2) is 3.25. The minimum Gasteiger partial charge on any atom is -0.325 e. The van der Waals surface area contributed by atoms with Gasteiger partial charge in [0, 0.05) is 6.04 Å². The number of hydrogen-bond acceptors (Lipinski definition) is 2. The lowest BCUT2D eigenvalue weighted by Gasteiger charge is -2.14. The van der Waals surface area contributed by atoms with E-state index >= 15 is 0 Å². The van der Waals surface area contributed by atoms with Gasteiger partial charge in [-0.25, -0.2) is 0 Å². The molecule has 0 unspecified atom stereocenters.